The van der Waals surface area contributed by atoms with Crippen LogP contribution in [0.2, 0.25) is 0 Å². The second kappa shape index (κ2) is 8.39. The number of aliphatic imine (C=N–C) groups is 1. The topological polar surface area (TPSA) is 18.8 Å². The molecule has 0 unspecified atom stereocenters. The minimum Gasteiger partial charge on any atom is -0.343 e. The predicted molar refractivity (Wildman–Crippen MR) is 80.2 cm³/mol. The Morgan fingerprint density at radius 3 is 1.67 bits per heavy atom. The smallest absolute Gasteiger partial charge is 0.196 e. The number of hydrogen-bond acceptors (Lipinski definition) is 1. The van der Waals surface area contributed by atoms with E-state index in [-0.39, 0.29) is 0 Å². The monoisotopic (exact) mass is 253 g/mol. The van der Waals surface area contributed by atoms with Gasteiger partial charge < -0.3 is 9.80 Å². The zero-order chi connectivity index (χ0) is 13.4. The van der Waals surface area contributed by atoms with E-state index in [2.05, 4.69) is 37.5 Å². The summed E-state index contributed by atoms with van der Waals surface area (Å²) in [6.07, 6.45) is 6.69. The van der Waals surface area contributed by atoms with E-state index in [9.17, 15) is 0 Å². The van der Waals surface area contributed by atoms with Crippen molar-refractivity contribution < 1.29 is 0 Å². The molecule has 1 fully saturated rings. The van der Waals surface area contributed by atoms with Crippen LogP contribution in [-0.2, 0) is 0 Å². The summed E-state index contributed by atoms with van der Waals surface area (Å²) in [6.45, 7) is 13.1. The van der Waals surface area contributed by atoms with E-state index in [1.54, 1.807) is 0 Å². The first kappa shape index (κ1) is 15.3. The second-order valence-corrected chi connectivity index (χ2v) is 5.07. The minimum atomic E-state index is 0.565. The largest absolute Gasteiger partial charge is 0.343 e. The van der Waals surface area contributed by atoms with Gasteiger partial charge in [0.05, 0.1) is 6.04 Å². The number of hydrogen-bond donors (Lipinski definition) is 0. The van der Waals surface area contributed by atoms with Gasteiger partial charge in [0.2, 0.25) is 0 Å². The molecule has 1 rings (SSSR count). The Labute approximate surface area is 113 Å². The molecule has 0 aromatic heterocycles. The van der Waals surface area contributed by atoms with Crippen LogP contribution >= 0.6 is 0 Å². The zero-order valence-corrected chi connectivity index (χ0v) is 12.8. The molecule has 106 valence electrons. The quantitative estimate of drug-likeness (QED) is 0.552. The van der Waals surface area contributed by atoms with Crippen LogP contribution in [0.1, 0.15) is 59.8 Å². The average Bonchev–Trinajstić information content (AvgIpc) is 2.42. The fourth-order valence-corrected chi connectivity index (χ4v) is 2.75. The van der Waals surface area contributed by atoms with Gasteiger partial charge in [0, 0.05) is 26.2 Å². The van der Waals surface area contributed by atoms with Gasteiger partial charge in [-0.3, -0.25) is 0 Å². The summed E-state index contributed by atoms with van der Waals surface area (Å²) in [5.74, 6) is 1.23. The summed E-state index contributed by atoms with van der Waals surface area (Å²) < 4.78 is 0. The van der Waals surface area contributed by atoms with Crippen molar-refractivity contribution in [2.45, 2.75) is 65.8 Å². The van der Waals surface area contributed by atoms with Crippen LogP contribution < -0.4 is 0 Å². The third-order valence-electron chi connectivity index (χ3n) is 3.97. The predicted octanol–water partition coefficient (Wildman–Crippen LogP) is 3.36. The highest BCUT2D eigenvalue weighted by molar-refractivity contribution is 5.80. The summed E-state index contributed by atoms with van der Waals surface area (Å²) in [5, 5.41) is 0. The van der Waals surface area contributed by atoms with Gasteiger partial charge >= 0.3 is 0 Å². The SMILES string of the molecule is CCN(CC)C(=NC1CCCCC1)N(CC)CC. The Morgan fingerprint density at radius 1 is 0.833 bits per heavy atom. The summed E-state index contributed by atoms with van der Waals surface area (Å²) in [6, 6.07) is 0.565. The van der Waals surface area contributed by atoms with E-state index in [0.29, 0.717) is 6.04 Å². The summed E-state index contributed by atoms with van der Waals surface area (Å²) >= 11 is 0. The van der Waals surface area contributed by atoms with Gasteiger partial charge in [-0.05, 0) is 40.5 Å². The molecule has 0 aliphatic heterocycles. The maximum absolute atomic E-state index is 5.09. The Morgan fingerprint density at radius 2 is 1.28 bits per heavy atom. The molecular weight excluding hydrogens is 222 g/mol. The molecule has 0 N–H and O–H groups in total. The van der Waals surface area contributed by atoms with Gasteiger partial charge in [0.25, 0.3) is 0 Å². The van der Waals surface area contributed by atoms with Crippen molar-refractivity contribution in [1.82, 2.24) is 9.80 Å². The standard InChI is InChI=1S/C15H31N3/c1-5-17(6-2)15(18(7-3)8-4)16-14-12-10-9-11-13-14/h14H,5-13H2,1-4H3. The molecule has 0 spiro atoms. The Balaban J connectivity index is 2.82. The normalized spacial score (nSPS) is 16.4. The first-order chi connectivity index (χ1) is 8.76. The summed E-state index contributed by atoms with van der Waals surface area (Å²) in [5.41, 5.74) is 0. The third kappa shape index (κ3) is 4.18. The highest BCUT2D eigenvalue weighted by Gasteiger charge is 2.18. The second-order valence-electron chi connectivity index (χ2n) is 5.07. The average molecular weight is 253 g/mol. The van der Waals surface area contributed by atoms with Crippen molar-refractivity contribution in [2.75, 3.05) is 26.2 Å². The Hall–Kier alpha value is -0.730. The van der Waals surface area contributed by atoms with Crippen molar-refractivity contribution in [3.63, 3.8) is 0 Å². The molecular formula is C15H31N3. The minimum absolute atomic E-state index is 0.565. The third-order valence-corrected chi connectivity index (χ3v) is 3.97. The lowest BCUT2D eigenvalue weighted by atomic mass is 9.96. The fraction of sp³-hybridized carbons (Fsp3) is 0.933. The molecule has 18 heavy (non-hydrogen) atoms. The van der Waals surface area contributed by atoms with E-state index in [0.717, 1.165) is 26.2 Å². The Bertz CT molecular complexity index is 222. The highest BCUT2D eigenvalue weighted by Crippen LogP contribution is 2.21. The summed E-state index contributed by atoms with van der Waals surface area (Å²) in [4.78, 5) is 9.90. The molecule has 3 heteroatoms. The van der Waals surface area contributed by atoms with Gasteiger partial charge in [-0.25, -0.2) is 4.99 Å². The van der Waals surface area contributed by atoms with Gasteiger partial charge in [0.15, 0.2) is 5.96 Å². The maximum atomic E-state index is 5.09. The van der Waals surface area contributed by atoms with Gasteiger partial charge in [-0.15, -0.1) is 0 Å². The van der Waals surface area contributed by atoms with E-state index in [1.165, 1.54) is 38.1 Å². The lowest BCUT2D eigenvalue weighted by molar-refractivity contribution is 0.338. The van der Waals surface area contributed by atoms with Crippen LogP contribution in [0.4, 0.5) is 0 Å². The summed E-state index contributed by atoms with van der Waals surface area (Å²) in [7, 11) is 0. The zero-order valence-electron chi connectivity index (χ0n) is 12.8. The lowest BCUT2D eigenvalue weighted by Crippen LogP contribution is -2.45. The molecule has 1 aliphatic rings. The molecule has 1 aliphatic carbocycles. The highest BCUT2D eigenvalue weighted by atomic mass is 15.4. The van der Waals surface area contributed by atoms with Crippen molar-refractivity contribution in [1.29, 1.82) is 0 Å². The first-order valence-electron chi connectivity index (χ1n) is 7.84. The van der Waals surface area contributed by atoms with E-state index in [1.807, 2.05) is 0 Å². The fourth-order valence-electron chi connectivity index (χ4n) is 2.75. The van der Waals surface area contributed by atoms with Crippen LogP contribution in [0.25, 0.3) is 0 Å². The molecule has 0 heterocycles. The van der Waals surface area contributed by atoms with Crippen LogP contribution in [0.5, 0.6) is 0 Å². The van der Waals surface area contributed by atoms with Gasteiger partial charge in [-0.2, -0.15) is 0 Å². The van der Waals surface area contributed by atoms with E-state index in [4.69, 9.17) is 4.99 Å². The molecule has 0 aromatic carbocycles. The molecule has 3 nitrogen and oxygen atoms in total. The van der Waals surface area contributed by atoms with Crippen LogP contribution in [-0.4, -0.2) is 48.0 Å². The van der Waals surface area contributed by atoms with Crippen molar-refractivity contribution >= 4 is 5.96 Å². The number of guanidine groups is 1. The van der Waals surface area contributed by atoms with Crippen molar-refractivity contribution in [2.24, 2.45) is 4.99 Å². The molecule has 0 bridgehead atoms. The molecule has 1 saturated carbocycles. The van der Waals surface area contributed by atoms with Crippen LogP contribution in [0, 0.1) is 0 Å². The molecule has 0 aromatic rings. The molecule has 0 saturated heterocycles. The first-order valence-corrected chi connectivity index (χ1v) is 7.84. The van der Waals surface area contributed by atoms with Crippen LogP contribution in [0.15, 0.2) is 4.99 Å². The lowest BCUT2D eigenvalue weighted by Gasteiger charge is -2.33. The van der Waals surface area contributed by atoms with Crippen molar-refractivity contribution in [3.8, 4) is 0 Å². The maximum Gasteiger partial charge on any atom is 0.196 e. The van der Waals surface area contributed by atoms with Crippen LogP contribution in [0.3, 0.4) is 0 Å². The Kier molecular flexibility index (Phi) is 7.14. The molecule has 0 amide bonds. The van der Waals surface area contributed by atoms with Gasteiger partial charge in [0.1, 0.15) is 0 Å². The van der Waals surface area contributed by atoms with Gasteiger partial charge in [-0.1, -0.05) is 19.3 Å². The van der Waals surface area contributed by atoms with Crippen molar-refractivity contribution in [3.05, 3.63) is 0 Å². The molecule has 0 radical (unpaired) electrons. The number of rotatable bonds is 5. The van der Waals surface area contributed by atoms with E-state index >= 15 is 0 Å². The number of nitrogens with zero attached hydrogens (tertiary/aromatic N) is 3. The molecule has 0 atom stereocenters. The van der Waals surface area contributed by atoms with E-state index < -0.39 is 0 Å².